The first-order valence-corrected chi connectivity index (χ1v) is 10.7. The molecule has 2 aromatic rings. The Labute approximate surface area is 149 Å². The summed E-state index contributed by atoms with van der Waals surface area (Å²) in [4.78, 5) is 1.07. The highest BCUT2D eigenvalue weighted by Gasteiger charge is 2.32. The van der Waals surface area contributed by atoms with Crippen LogP contribution in [0.3, 0.4) is 0 Å². The van der Waals surface area contributed by atoms with Gasteiger partial charge in [0.1, 0.15) is 11.5 Å². The van der Waals surface area contributed by atoms with Gasteiger partial charge in [0, 0.05) is 27.3 Å². The Hall–Kier alpha value is -1.57. The van der Waals surface area contributed by atoms with Crippen LogP contribution in [0, 0.1) is 0 Å². The van der Waals surface area contributed by atoms with E-state index in [9.17, 15) is 17.9 Å². The second kappa shape index (κ2) is 6.30. The van der Waals surface area contributed by atoms with E-state index in [2.05, 4.69) is 6.07 Å². The Morgan fingerprint density at radius 2 is 1.96 bits per heavy atom. The van der Waals surface area contributed by atoms with Crippen molar-refractivity contribution in [2.75, 3.05) is 11.8 Å². The molecule has 1 aliphatic carbocycles. The van der Waals surface area contributed by atoms with E-state index in [1.165, 1.54) is 11.0 Å². The number of hydrogen-bond donors (Lipinski definition) is 1. The zero-order valence-electron chi connectivity index (χ0n) is 13.4. The molecule has 0 saturated heterocycles. The fourth-order valence-electron chi connectivity index (χ4n) is 3.50. The smallest absolute Gasteiger partial charge is 0.207 e. The Morgan fingerprint density at radius 1 is 1.16 bits per heavy atom. The number of hydrogen-bond acceptors (Lipinski definition) is 5. The van der Waals surface area contributed by atoms with Gasteiger partial charge in [-0.15, -0.1) is 11.8 Å². The lowest BCUT2D eigenvalue weighted by Crippen LogP contribution is -2.09. The number of halogens is 1. The van der Waals surface area contributed by atoms with Gasteiger partial charge in [-0.2, -0.15) is 0 Å². The van der Waals surface area contributed by atoms with E-state index >= 15 is 0 Å². The first kappa shape index (κ1) is 16.9. The molecule has 1 heterocycles. The van der Waals surface area contributed by atoms with Crippen LogP contribution >= 0.6 is 11.8 Å². The Kier molecular flexibility index (Phi) is 4.25. The Morgan fingerprint density at radius 3 is 2.76 bits per heavy atom. The molecule has 0 aromatic heterocycles. The molecule has 2 aliphatic rings. The van der Waals surface area contributed by atoms with Crippen LogP contribution in [0.4, 0.5) is 4.39 Å². The molecule has 2 aromatic carbocycles. The number of rotatable bonds is 4. The van der Waals surface area contributed by atoms with E-state index in [0.29, 0.717) is 24.2 Å². The van der Waals surface area contributed by atoms with Crippen LogP contribution in [0.1, 0.15) is 29.2 Å². The number of benzene rings is 2. The maximum absolute atomic E-state index is 12.9. The van der Waals surface area contributed by atoms with E-state index < -0.39 is 21.9 Å². The number of aliphatic hydroxyl groups excluding tert-OH is 1. The summed E-state index contributed by atoms with van der Waals surface area (Å²) >= 11 is 1.79. The Balaban J connectivity index is 1.79. The summed E-state index contributed by atoms with van der Waals surface area (Å²) < 4.78 is 43.0. The lowest BCUT2D eigenvalue weighted by molar-refractivity contribution is 0.177. The second-order valence-corrected chi connectivity index (χ2v) is 9.19. The molecular weight excluding hydrogens is 363 g/mol. The van der Waals surface area contributed by atoms with Crippen molar-refractivity contribution in [3.63, 3.8) is 0 Å². The van der Waals surface area contributed by atoms with Gasteiger partial charge in [-0.1, -0.05) is 6.07 Å². The SMILES string of the molecule is O=S(=O)(CF)c1ccc(Oc2cccc3c2CCS3)c2c1C(O)CC2. The summed E-state index contributed by atoms with van der Waals surface area (Å²) in [7, 11) is -4.04. The molecule has 25 heavy (non-hydrogen) atoms. The van der Waals surface area contributed by atoms with Crippen LogP contribution in [0.2, 0.25) is 0 Å². The third-order valence-electron chi connectivity index (χ3n) is 4.67. The summed E-state index contributed by atoms with van der Waals surface area (Å²) in [5, 5.41) is 10.2. The molecule has 1 atom stereocenters. The molecular formula is C18H17FO4S2. The van der Waals surface area contributed by atoms with Crippen LogP contribution in [-0.4, -0.2) is 25.3 Å². The van der Waals surface area contributed by atoms with Gasteiger partial charge in [0.15, 0.2) is 6.01 Å². The van der Waals surface area contributed by atoms with Gasteiger partial charge in [0.05, 0.1) is 11.0 Å². The molecule has 0 fully saturated rings. The highest BCUT2D eigenvalue weighted by atomic mass is 32.2. The molecule has 0 saturated carbocycles. The average Bonchev–Trinajstić information content (AvgIpc) is 3.23. The van der Waals surface area contributed by atoms with Gasteiger partial charge in [-0.3, -0.25) is 0 Å². The molecule has 4 nitrogen and oxygen atoms in total. The number of thioether (sulfide) groups is 1. The normalized spacial score (nSPS) is 18.9. The lowest BCUT2D eigenvalue weighted by Gasteiger charge is -2.16. The van der Waals surface area contributed by atoms with Crippen molar-refractivity contribution in [2.45, 2.75) is 35.2 Å². The number of sulfone groups is 1. The van der Waals surface area contributed by atoms with Gasteiger partial charge in [-0.25, -0.2) is 12.8 Å². The maximum Gasteiger partial charge on any atom is 0.207 e. The average molecular weight is 380 g/mol. The molecule has 0 amide bonds. The summed E-state index contributed by atoms with van der Waals surface area (Å²) in [6, 6.07) is 7.33. The number of alkyl halides is 1. The van der Waals surface area contributed by atoms with Crippen molar-refractivity contribution in [1.82, 2.24) is 0 Å². The van der Waals surface area contributed by atoms with E-state index in [1.807, 2.05) is 12.1 Å². The molecule has 0 radical (unpaired) electrons. The van der Waals surface area contributed by atoms with Crippen molar-refractivity contribution in [3.05, 3.63) is 47.0 Å². The van der Waals surface area contributed by atoms with E-state index in [0.717, 1.165) is 23.5 Å². The number of fused-ring (bicyclic) bond motifs is 2. The molecule has 132 valence electrons. The van der Waals surface area contributed by atoms with Crippen LogP contribution in [0.25, 0.3) is 0 Å². The fraction of sp³-hybridized carbons (Fsp3) is 0.333. The third kappa shape index (κ3) is 2.84. The van der Waals surface area contributed by atoms with E-state index in [4.69, 9.17) is 4.74 Å². The minimum Gasteiger partial charge on any atom is -0.457 e. The van der Waals surface area contributed by atoms with Gasteiger partial charge in [0.25, 0.3) is 0 Å². The minimum atomic E-state index is -4.04. The van der Waals surface area contributed by atoms with Crippen molar-refractivity contribution < 1.29 is 22.7 Å². The van der Waals surface area contributed by atoms with E-state index in [1.54, 1.807) is 17.8 Å². The fourth-order valence-corrected chi connectivity index (χ4v) is 5.57. The Bertz CT molecular complexity index is 940. The van der Waals surface area contributed by atoms with Crippen molar-refractivity contribution in [1.29, 1.82) is 0 Å². The molecule has 1 N–H and O–H groups in total. The largest absolute Gasteiger partial charge is 0.457 e. The lowest BCUT2D eigenvalue weighted by atomic mass is 10.1. The third-order valence-corrected chi connectivity index (χ3v) is 7.09. The monoisotopic (exact) mass is 380 g/mol. The predicted octanol–water partition coefficient (Wildman–Crippen LogP) is 3.81. The minimum absolute atomic E-state index is 0.129. The molecule has 0 bridgehead atoms. The quantitative estimate of drug-likeness (QED) is 0.874. The predicted molar refractivity (Wildman–Crippen MR) is 93.8 cm³/mol. The molecule has 1 unspecified atom stereocenters. The highest BCUT2D eigenvalue weighted by Crippen LogP contribution is 2.44. The first-order chi connectivity index (χ1) is 12.0. The summed E-state index contributed by atoms with van der Waals surface area (Å²) in [6.45, 7) is 0. The highest BCUT2D eigenvalue weighted by molar-refractivity contribution is 7.99. The molecule has 7 heteroatoms. The number of ether oxygens (including phenoxy) is 1. The van der Waals surface area contributed by atoms with Crippen LogP contribution in [-0.2, 0) is 22.7 Å². The molecule has 0 spiro atoms. The van der Waals surface area contributed by atoms with Gasteiger partial charge in [-0.05, 0) is 43.5 Å². The van der Waals surface area contributed by atoms with Crippen molar-refractivity contribution in [2.24, 2.45) is 0 Å². The second-order valence-electron chi connectivity index (χ2n) is 6.17. The molecule has 4 rings (SSSR count). The van der Waals surface area contributed by atoms with Crippen molar-refractivity contribution >= 4 is 21.6 Å². The summed E-state index contributed by atoms with van der Waals surface area (Å²) in [5.74, 6) is 2.31. The van der Waals surface area contributed by atoms with Gasteiger partial charge in [0.2, 0.25) is 9.84 Å². The van der Waals surface area contributed by atoms with Gasteiger partial charge >= 0.3 is 0 Å². The zero-order chi connectivity index (χ0) is 17.6. The van der Waals surface area contributed by atoms with Gasteiger partial charge < -0.3 is 9.84 Å². The van der Waals surface area contributed by atoms with Crippen LogP contribution < -0.4 is 4.74 Å². The topological polar surface area (TPSA) is 63.6 Å². The molecule has 1 aliphatic heterocycles. The summed E-state index contributed by atoms with van der Waals surface area (Å²) in [5.41, 5.74) is 2.10. The van der Waals surface area contributed by atoms with Crippen LogP contribution in [0.5, 0.6) is 11.5 Å². The van der Waals surface area contributed by atoms with Crippen LogP contribution in [0.15, 0.2) is 40.1 Å². The first-order valence-electron chi connectivity index (χ1n) is 8.06. The van der Waals surface area contributed by atoms with Crippen molar-refractivity contribution in [3.8, 4) is 11.5 Å². The van der Waals surface area contributed by atoms with E-state index in [-0.39, 0.29) is 10.5 Å². The number of aliphatic hydroxyl groups is 1. The zero-order valence-corrected chi connectivity index (χ0v) is 15.0. The summed E-state index contributed by atoms with van der Waals surface area (Å²) in [6.07, 6.45) is 0.931. The maximum atomic E-state index is 12.9. The standard InChI is InChI=1S/C18H17FO4S2/c19-10-25(21,22)17-7-6-15(12-4-5-13(20)18(12)17)23-14-2-1-3-16-11(14)8-9-24-16/h1-3,6-7,13,20H,4-5,8-10H2.